The van der Waals surface area contributed by atoms with E-state index in [-0.39, 0.29) is 0 Å². The standard InChI is InChI=1S/C19H18N6O2S2/c1-2-16-8-9-19(28-16)29(26,27)24-15-6-4-14(5-7-15)23-17-12-18(21-13-20-17)25-11-3-10-22-25/h3-13,24H,2H2,1H3,(H,20,21,23). The average Bonchev–Trinajstić information content (AvgIpc) is 3.42. The van der Waals surface area contributed by atoms with E-state index in [1.807, 2.05) is 19.1 Å². The van der Waals surface area contributed by atoms with Crippen molar-refractivity contribution in [3.8, 4) is 5.82 Å². The lowest BCUT2D eigenvalue weighted by molar-refractivity contribution is 0.603. The van der Waals surface area contributed by atoms with Gasteiger partial charge in [0.1, 0.15) is 16.4 Å². The monoisotopic (exact) mass is 426 g/mol. The number of aryl methyl sites for hydroxylation is 1. The van der Waals surface area contributed by atoms with Gasteiger partial charge < -0.3 is 5.32 Å². The molecule has 0 aliphatic rings. The minimum absolute atomic E-state index is 0.309. The quantitative estimate of drug-likeness (QED) is 0.466. The summed E-state index contributed by atoms with van der Waals surface area (Å²) >= 11 is 1.28. The zero-order valence-electron chi connectivity index (χ0n) is 15.5. The maximum atomic E-state index is 12.5. The van der Waals surface area contributed by atoms with Gasteiger partial charge in [0.05, 0.1) is 0 Å². The zero-order valence-corrected chi connectivity index (χ0v) is 17.1. The van der Waals surface area contributed by atoms with Crippen LogP contribution in [0.5, 0.6) is 0 Å². The summed E-state index contributed by atoms with van der Waals surface area (Å²) in [6, 6.07) is 14.0. The Balaban J connectivity index is 1.46. The van der Waals surface area contributed by atoms with Crippen LogP contribution in [0.4, 0.5) is 17.2 Å². The Bertz CT molecular complexity index is 1200. The first-order chi connectivity index (χ1) is 14.0. The summed E-state index contributed by atoms with van der Waals surface area (Å²) in [7, 11) is -3.59. The van der Waals surface area contributed by atoms with Crippen molar-refractivity contribution in [2.24, 2.45) is 0 Å². The van der Waals surface area contributed by atoms with E-state index >= 15 is 0 Å². The molecular weight excluding hydrogens is 408 g/mol. The molecule has 0 saturated carbocycles. The van der Waals surface area contributed by atoms with Gasteiger partial charge in [-0.3, -0.25) is 4.72 Å². The number of anilines is 3. The second-order valence-corrected chi connectivity index (χ2v) is 9.17. The Morgan fingerprint density at radius 1 is 1.07 bits per heavy atom. The molecule has 0 fully saturated rings. The van der Waals surface area contributed by atoms with E-state index in [0.29, 0.717) is 21.5 Å². The minimum Gasteiger partial charge on any atom is -0.340 e. The number of hydrogen-bond donors (Lipinski definition) is 2. The third-order valence-electron chi connectivity index (χ3n) is 4.05. The normalized spacial score (nSPS) is 11.3. The van der Waals surface area contributed by atoms with Crippen LogP contribution in [-0.2, 0) is 16.4 Å². The van der Waals surface area contributed by atoms with Crippen molar-refractivity contribution in [3.05, 3.63) is 72.1 Å². The van der Waals surface area contributed by atoms with E-state index < -0.39 is 10.0 Å². The molecule has 0 amide bonds. The maximum Gasteiger partial charge on any atom is 0.271 e. The molecule has 8 nitrogen and oxygen atoms in total. The van der Waals surface area contributed by atoms with Gasteiger partial charge in [-0.05, 0) is 48.9 Å². The second kappa shape index (κ2) is 8.02. The Labute approximate surface area is 172 Å². The second-order valence-electron chi connectivity index (χ2n) is 6.09. The molecule has 3 aromatic heterocycles. The fourth-order valence-corrected chi connectivity index (χ4v) is 4.97. The fraction of sp³-hybridized carbons (Fsp3) is 0.105. The van der Waals surface area contributed by atoms with Crippen molar-refractivity contribution < 1.29 is 8.42 Å². The molecule has 0 aliphatic heterocycles. The molecule has 0 aliphatic carbocycles. The fourth-order valence-electron chi connectivity index (χ4n) is 2.61. The van der Waals surface area contributed by atoms with Crippen LogP contribution in [0.3, 0.4) is 0 Å². The first-order valence-corrected chi connectivity index (χ1v) is 11.1. The van der Waals surface area contributed by atoms with Gasteiger partial charge in [-0.2, -0.15) is 5.10 Å². The summed E-state index contributed by atoms with van der Waals surface area (Å²) in [5.74, 6) is 1.24. The maximum absolute atomic E-state index is 12.5. The molecule has 0 saturated heterocycles. The van der Waals surface area contributed by atoms with Crippen molar-refractivity contribution in [2.45, 2.75) is 17.6 Å². The Kier molecular flexibility index (Phi) is 5.28. The molecule has 4 rings (SSSR count). The highest BCUT2D eigenvalue weighted by Gasteiger charge is 2.16. The SMILES string of the molecule is CCc1ccc(S(=O)(=O)Nc2ccc(Nc3cc(-n4cccn4)ncn3)cc2)s1. The van der Waals surface area contributed by atoms with Crippen LogP contribution in [0.15, 0.2) is 71.5 Å². The molecule has 3 heterocycles. The van der Waals surface area contributed by atoms with Crippen molar-refractivity contribution in [1.29, 1.82) is 0 Å². The average molecular weight is 427 g/mol. The van der Waals surface area contributed by atoms with E-state index in [4.69, 9.17) is 0 Å². The van der Waals surface area contributed by atoms with Gasteiger partial charge in [-0.1, -0.05) is 6.92 Å². The summed E-state index contributed by atoms with van der Waals surface area (Å²) in [6.07, 6.45) is 5.73. The van der Waals surface area contributed by atoms with Gasteiger partial charge in [0.25, 0.3) is 10.0 Å². The molecule has 0 radical (unpaired) electrons. The molecular formula is C19H18N6O2S2. The first-order valence-electron chi connectivity index (χ1n) is 8.84. The van der Waals surface area contributed by atoms with Crippen molar-refractivity contribution in [2.75, 3.05) is 10.0 Å². The third-order valence-corrected chi connectivity index (χ3v) is 7.15. The molecule has 4 aromatic rings. The van der Waals surface area contributed by atoms with Crippen LogP contribution in [0.25, 0.3) is 5.82 Å². The van der Waals surface area contributed by atoms with Crippen LogP contribution in [0.1, 0.15) is 11.8 Å². The number of nitrogens with zero attached hydrogens (tertiary/aromatic N) is 4. The van der Waals surface area contributed by atoms with Crippen LogP contribution in [0.2, 0.25) is 0 Å². The molecule has 29 heavy (non-hydrogen) atoms. The van der Waals surface area contributed by atoms with E-state index in [9.17, 15) is 8.42 Å². The van der Waals surface area contributed by atoms with Crippen molar-refractivity contribution in [1.82, 2.24) is 19.7 Å². The molecule has 1 aromatic carbocycles. The Morgan fingerprint density at radius 3 is 2.55 bits per heavy atom. The largest absolute Gasteiger partial charge is 0.340 e. The predicted octanol–water partition coefficient (Wildman–Crippen LogP) is 3.83. The smallest absolute Gasteiger partial charge is 0.271 e. The van der Waals surface area contributed by atoms with Gasteiger partial charge in [-0.25, -0.2) is 23.1 Å². The molecule has 0 bridgehead atoms. The van der Waals surface area contributed by atoms with Crippen LogP contribution in [-0.4, -0.2) is 28.2 Å². The van der Waals surface area contributed by atoms with E-state index in [2.05, 4.69) is 25.1 Å². The molecule has 0 spiro atoms. The van der Waals surface area contributed by atoms with Gasteiger partial charge in [0.15, 0.2) is 5.82 Å². The van der Waals surface area contributed by atoms with Crippen LogP contribution in [0, 0.1) is 0 Å². The highest BCUT2D eigenvalue weighted by atomic mass is 32.2. The van der Waals surface area contributed by atoms with E-state index in [1.165, 1.54) is 17.7 Å². The number of nitrogens with one attached hydrogen (secondary N) is 2. The summed E-state index contributed by atoms with van der Waals surface area (Å²) in [4.78, 5) is 9.42. The number of rotatable bonds is 7. The minimum atomic E-state index is -3.59. The Morgan fingerprint density at radius 2 is 1.86 bits per heavy atom. The van der Waals surface area contributed by atoms with Gasteiger partial charge in [0, 0.05) is 34.7 Å². The molecule has 2 N–H and O–H groups in total. The zero-order chi connectivity index (χ0) is 20.3. The van der Waals surface area contributed by atoms with Gasteiger partial charge in [0.2, 0.25) is 0 Å². The van der Waals surface area contributed by atoms with Crippen molar-refractivity contribution in [3.63, 3.8) is 0 Å². The molecule has 0 atom stereocenters. The number of sulfonamides is 1. The number of benzene rings is 1. The molecule has 0 unspecified atom stereocenters. The van der Waals surface area contributed by atoms with E-state index in [1.54, 1.807) is 53.5 Å². The number of aromatic nitrogens is 4. The summed E-state index contributed by atoms with van der Waals surface area (Å²) in [6.45, 7) is 2.00. The Hall–Kier alpha value is -3.24. The molecule has 148 valence electrons. The van der Waals surface area contributed by atoms with Crippen LogP contribution >= 0.6 is 11.3 Å². The lowest BCUT2D eigenvalue weighted by Gasteiger charge is -2.09. The summed E-state index contributed by atoms with van der Waals surface area (Å²) < 4.78 is 29.6. The molecule has 10 heteroatoms. The first kappa shape index (κ1) is 19.1. The van der Waals surface area contributed by atoms with Crippen molar-refractivity contribution >= 4 is 38.6 Å². The lowest BCUT2D eigenvalue weighted by Crippen LogP contribution is -2.11. The summed E-state index contributed by atoms with van der Waals surface area (Å²) in [5.41, 5.74) is 1.25. The van der Waals surface area contributed by atoms with Gasteiger partial charge in [-0.15, -0.1) is 11.3 Å². The third kappa shape index (κ3) is 4.44. The predicted molar refractivity (Wildman–Crippen MR) is 113 cm³/mol. The highest BCUT2D eigenvalue weighted by Crippen LogP contribution is 2.25. The highest BCUT2D eigenvalue weighted by molar-refractivity contribution is 7.94. The topological polar surface area (TPSA) is 102 Å². The van der Waals surface area contributed by atoms with Crippen LogP contribution < -0.4 is 10.0 Å². The number of hydrogen-bond acceptors (Lipinski definition) is 7. The lowest BCUT2D eigenvalue weighted by atomic mass is 10.3. The summed E-state index contributed by atoms with van der Waals surface area (Å²) in [5, 5.41) is 7.32. The van der Waals surface area contributed by atoms with Gasteiger partial charge >= 0.3 is 0 Å². The van der Waals surface area contributed by atoms with E-state index in [0.717, 1.165) is 17.0 Å². The number of thiophene rings is 1.